The molecule has 0 aromatic rings. The summed E-state index contributed by atoms with van der Waals surface area (Å²) < 4.78 is 4.83. The van der Waals surface area contributed by atoms with E-state index < -0.39 is 6.10 Å². The average molecular weight is 243 g/mol. The van der Waals surface area contributed by atoms with Crippen molar-refractivity contribution in [3.8, 4) is 0 Å². The first kappa shape index (κ1) is 14.5. The second-order valence-electron chi connectivity index (χ2n) is 5.24. The van der Waals surface area contributed by atoms with Crippen molar-refractivity contribution < 1.29 is 14.6 Å². The van der Waals surface area contributed by atoms with E-state index in [1.165, 1.54) is 12.8 Å². The van der Waals surface area contributed by atoms with E-state index in [9.17, 15) is 9.90 Å². The molecule has 0 aromatic heterocycles. The number of aliphatic hydroxyl groups is 1. The van der Waals surface area contributed by atoms with E-state index in [-0.39, 0.29) is 12.4 Å². The van der Waals surface area contributed by atoms with Crippen LogP contribution in [0.4, 0.5) is 0 Å². The molecule has 0 aliphatic heterocycles. The molecule has 4 nitrogen and oxygen atoms in total. The van der Waals surface area contributed by atoms with Crippen molar-refractivity contribution >= 4 is 5.97 Å². The van der Waals surface area contributed by atoms with Crippen LogP contribution >= 0.6 is 0 Å². The molecule has 1 rings (SSSR count). The summed E-state index contributed by atoms with van der Waals surface area (Å²) in [5.41, 5.74) is 0. The third kappa shape index (κ3) is 6.03. The van der Waals surface area contributed by atoms with E-state index >= 15 is 0 Å². The Labute approximate surface area is 104 Å². The summed E-state index contributed by atoms with van der Waals surface area (Å²) in [7, 11) is 0. The lowest BCUT2D eigenvalue weighted by atomic mass is 10.1. The van der Waals surface area contributed by atoms with Crippen LogP contribution in [0.5, 0.6) is 0 Å². The molecule has 4 heteroatoms. The van der Waals surface area contributed by atoms with E-state index in [1.54, 1.807) is 6.92 Å². The Balaban J connectivity index is 2.30. The summed E-state index contributed by atoms with van der Waals surface area (Å²) in [4.78, 5) is 13.5. The Morgan fingerprint density at radius 1 is 1.41 bits per heavy atom. The zero-order valence-electron chi connectivity index (χ0n) is 11.2. The molecule has 0 amide bonds. The highest BCUT2D eigenvalue weighted by atomic mass is 16.5. The van der Waals surface area contributed by atoms with E-state index in [0.717, 1.165) is 6.54 Å². The van der Waals surface area contributed by atoms with Gasteiger partial charge in [-0.05, 0) is 25.7 Å². The van der Waals surface area contributed by atoms with Crippen molar-refractivity contribution in [2.24, 2.45) is 5.92 Å². The second kappa shape index (κ2) is 6.97. The summed E-state index contributed by atoms with van der Waals surface area (Å²) in [5, 5.41) is 9.86. The maximum absolute atomic E-state index is 11.2. The van der Waals surface area contributed by atoms with Crippen LogP contribution < -0.4 is 0 Å². The van der Waals surface area contributed by atoms with Gasteiger partial charge in [0.15, 0.2) is 0 Å². The van der Waals surface area contributed by atoms with Gasteiger partial charge in [0, 0.05) is 19.1 Å². The largest absolute Gasteiger partial charge is 0.466 e. The average Bonchev–Trinajstić information content (AvgIpc) is 2.98. The molecule has 0 saturated heterocycles. The first-order chi connectivity index (χ1) is 8.02. The summed E-state index contributed by atoms with van der Waals surface area (Å²) >= 11 is 0. The Bertz CT molecular complexity index is 239. The quantitative estimate of drug-likeness (QED) is 0.655. The molecule has 1 fully saturated rings. The first-order valence-electron chi connectivity index (χ1n) is 6.60. The number of hydrogen-bond donors (Lipinski definition) is 1. The third-order valence-electron chi connectivity index (χ3n) is 2.82. The van der Waals surface area contributed by atoms with Gasteiger partial charge in [0.2, 0.25) is 0 Å². The number of esters is 1. The molecular weight excluding hydrogens is 218 g/mol. The Morgan fingerprint density at radius 3 is 2.53 bits per heavy atom. The fourth-order valence-corrected chi connectivity index (χ4v) is 2.03. The number of nitrogens with zero attached hydrogens (tertiary/aromatic N) is 1. The summed E-state index contributed by atoms with van der Waals surface area (Å²) in [6.45, 7) is 8.08. The molecule has 0 radical (unpaired) electrons. The summed E-state index contributed by atoms with van der Waals surface area (Å²) in [6.07, 6.45) is 1.95. The van der Waals surface area contributed by atoms with Crippen LogP contribution in [-0.4, -0.2) is 47.8 Å². The van der Waals surface area contributed by atoms with E-state index in [2.05, 4.69) is 18.7 Å². The lowest BCUT2D eigenvalue weighted by molar-refractivity contribution is -0.145. The van der Waals surface area contributed by atoms with Gasteiger partial charge in [-0.3, -0.25) is 9.69 Å². The number of carbonyl (C=O) groups excluding carboxylic acids is 1. The smallest absolute Gasteiger partial charge is 0.308 e. The number of aliphatic hydroxyl groups excluding tert-OH is 1. The van der Waals surface area contributed by atoms with Crippen molar-refractivity contribution in [2.45, 2.75) is 52.2 Å². The summed E-state index contributed by atoms with van der Waals surface area (Å²) in [6, 6.07) is 0.620. The molecule has 0 heterocycles. The fraction of sp³-hybridized carbons (Fsp3) is 0.923. The Morgan fingerprint density at radius 2 is 2.06 bits per heavy atom. The lowest BCUT2D eigenvalue weighted by Gasteiger charge is -2.26. The van der Waals surface area contributed by atoms with Crippen LogP contribution in [0.25, 0.3) is 0 Å². The molecule has 0 spiro atoms. The molecular formula is C13H25NO3. The maximum atomic E-state index is 11.2. The van der Waals surface area contributed by atoms with Gasteiger partial charge in [0.25, 0.3) is 0 Å². The van der Waals surface area contributed by atoms with Gasteiger partial charge in [0.1, 0.15) is 0 Å². The van der Waals surface area contributed by atoms with Gasteiger partial charge >= 0.3 is 5.97 Å². The van der Waals surface area contributed by atoms with E-state index in [1.807, 2.05) is 0 Å². The topological polar surface area (TPSA) is 49.8 Å². The molecule has 100 valence electrons. The van der Waals surface area contributed by atoms with Crippen LogP contribution in [0.1, 0.15) is 40.0 Å². The number of carbonyl (C=O) groups is 1. The van der Waals surface area contributed by atoms with Gasteiger partial charge in [-0.15, -0.1) is 0 Å². The predicted octanol–water partition coefficient (Wildman–Crippen LogP) is 1.42. The second-order valence-corrected chi connectivity index (χ2v) is 5.24. The molecule has 0 aromatic carbocycles. The molecule has 1 unspecified atom stereocenters. The zero-order chi connectivity index (χ0) is 12.8. The highest BCUT2D eigenvalue weighted by Gasteiger charge is 2.30. The van der Waals surface area contributed by atoms with Crippen molar-refractivity contribution in [1.29, 1.82) is 0 Å². The minimum absolute atomic E-state index is 0.106. The van der Waals surface area contributed by atoms with Crippen LogP contribution in [0.15, 0.2) is 0 Å². The first-order valence-corrected chi connectivity index (χ1v) is 6.60. The SMILES string of the molecule is CCOC(=O)CC(O)CN(CC(C)C)C1CC1. The number of rotatable bonds is 8. The minimum atomic E-state index is -0.603. The zero-order valence-corrected chi connectivity index (χ0v) is 11.2. The highest BCUT2D eigenvalue weighted by molar-refractivity contribution is 5.69. The van der Waals surface area contributed by atoms with Crippen LogP contribution in [0.3, 0.4) is 0 Å². The molecule has 17 heavy (non-hydrogen) atoms. The molecule has 1 saturated carbocycles. The molecule has 1 atom stereocenters. The molecule has 1 N–H and O–H groups in total. The number of hydrogen-bond acceptors (Lipinski definition) is 4. The van der Waals surface area contributed by atoms with E-state index in [0.29, 0.717) is 25.1 Å². The van der Waals surface area contributed by atoms with Crippen molar-refractivity contribution in [3.63, 3.8) is 0 Å². The third-order valence-corrected chi connectivity index (χ3v) is 2.82. The summed E-state index contributed by atoms with van der Waals surface area (Å²) in [5.74, 6) is 0.283. The molecule has 1 aliphatic rings. The van der Waals surface area contributed by atoms with Gasteiger partial charge in [-0.25, -0.2) is 0 Å². The van der Waals surface area contributed by atoms with Crippen molar-refractivity contribution in [1.82, 2.24) is 4.90 Å². The van der Waals surface area contributed by atoms with Gasteiger partial charge < -0.3 is 9.84 Å². The molecule has 0 bridgehead atoms. The highest BCUT2D eigenvalue weighted by Crippen LogP contribution is 2.27. The van der Waals surface area contributed by atoms with Crippen molar-refractivity contribution in [2.75, 3.05) is 19.7 Å². The van der Waals surface area contributed by atoms with Crippen molar-refractivity contribution in [3.05, 3.63) is 0 Å². The normalized spacial score (nSPS) is 17.5. The lowest BCUT2D eigenvalue weighted by Crippen LogP contribution is -2.37. The van der Waals surface area contributed by atoms with Gasteiger partial charge in [0.05, 0.1) is 19.1 Å². The van der Waals surface area contributed by atoms with Gasteiger partial charge in [-0.1, -0.05) is 13.8 Å². The van der Waals surface area contributed by atoms with Crippen LogP contribution in [0.2, 0.25) is 0 Å². The standard InChI is InChI=1S/C13H25NO3/c1-4-17-13(16)7-12(15)9-14(8-10(2)3)11-5-6-11/h10-12,15H,4-9H2,1-3H3. The van der Waals surface area contributed by atoms with E-state index in [4.69, 9.17) is 4.74 Å². The Kier molecular flexibility index (Phi) is 5.92. The van der Waals surface area contributed by atoms with Gasteiger partial charge in [-0.2, -0.15) is 0 Å². The number of ether oxygens (including phenoxy) is 1. The fourth-order valence-electron chi connectivity index (χ4n) is 2.03. The monoisotopic (exact) mass is 243 g/mol. The van der Waals surface area contributed by atoms with Crippen LogP contribution in [-0.2, 0) is 9.53 Å². The maximum Gasteiger partial charge on any atom is 0.308 e. The van der Waals surface area contributed by atoms with Crippen LogP contribution in [0, 0.1) is 5.92 Å². The Hall–Kier alpha value is -0.610. The predicted molar refractivity (Wildman–Crippen MR) is 66.7 cm³/mol. The molecule has 1 aliphatic carbocycles. The minimum Gasteiger partial charge on any atom is -0.466 e.